The van der Waals surface area contributed by atoms with Crippen LogP contribution in [0.5, 0.6) is 0 Å². The quantitative estimate of drug-likeness (QED) is 0.399. The van der Waals surface area contributed by atoms with Crippen molar-refractivity contribution >= 4 is 17.5 Å². The smallest absolute Gasteiger partial charge is 0.321 e. The Hall–Kier alpha value is -1.71. The van der Waals surface area contributed by atoms with Crippen molar-refractivity contribution in [3.05, 3.63) is 24.3 Å². The number of carbonyl (C=O) groups excluding carboxylic acids is 3. The standard InChI is InChI=1S/C14H16O4/c1-8-4-5-9(2)14(13(17)18-3)11(16)7-6-10(15)12(8)14/h4-9,12H,1-3H3/t8?,9?,12-,14-/m1/s1. The molecule has 0 N–H and O–H groups in total. The highest BCUT2D eigenvalue weighted by Crippen LogP contribution is 2.49. The highest BCUT2D eigenvalue weighted by molar-refractivity contribution is 6.19. The van der Waals surface area contributed by atoms with E-state index in [0.29, 0.717) is 0 Å². The second kappa shape index (κ2) is 4.19. The molecule has 0 aliphatic heterocycles. The predicted octanol–water partition coefficient (Wildman–Crippen LogP) is 1.31. The van der Waals surface area contributed by atoms with Crippen LogP contribution < -0.4 is 0 Å². The average molecular weight is 248 g/mol. The first-order chi connectivity index (χ1) is 8.46. The lowest BCUT2D eigenvalue weighted by molar-refractivity contribution is -0.168. The van der Waals surface area contributed by atoms with Crippen molar-refractivity contribution in [2.24, 2.45) is 23.2 Å². The Bertz CT molecular complexity index is 474. The number of rotatable bonds is 1. The number of carbonyl (C=O) groups is 3. The minimum Gasteiger partial charge on any atom is -0.468 e. The normalized spacial score (nSPS) is 38.5. The Labute approximate surface area is 106 Å². The molecule has 18 heavy (non-hydrogen) atoms. The molecule has 0 saturated carbocycles. The van der Waals surface area contributed by atoms with Crippen molar-refractivity contribution in [2.45, 2.75) is 13.8 Å². The second-order valence-corrected chi connectivity index (χ2v) is 4.97. The van der Waals surface area contributed by atoms with Gasteiger partial charge in [-0.1, -0.05) is 26.0 Å². The summed E-state index contributed by atoms with van der Waals surface area (Å²) in [6.07, 6.45) is 6.19. The molecular weight excluding hydrogens is 232 g/mol. The molecule has 2 aliphatic rings. The number of esters is 1. The number of methoxy groups -OCH3 is 1. The second-order valence-electron chi connectivity index (χ2n) is 4.97. The van der Waals surface area contributed by atoms with Crippen molar-refractivity contribution in [2.75, 3.05) is 7.11 Å². The summed E-state index contributed by atoms with van der Waals surface area (Å²) in [5.41, 5.74) is -1.38. The van der Waals surface area contributed by atoms with Crippen LogP contribution in [-0.2, 0) is 19.1 Å². The Morgan fingerprint density at radius 2 is 1.89 bits per heavy atom. The van der Waals surface area contributed by atoms with E-state index in [1.807, 2.05) is 19.1 Å². The molecule has 0 bridgehead atoms. The monoisotopic (exact) mass is 248 g/mol. The molecule has 2 aliphatic carbocycles. The van der Waals surface area contributed by atoms with Gasteiger partial charge in [0.25, 0.3) is 0 Å². The summed E-state index contributed by atoms with van der Waals surface area (Å²) in [4.78, 5) is 36.5. The maximum atomic E-state index is 12.3. The minimum absolute atomic E-state index is 0.151. The maximum Gasteiger partial charge on any atom is 0.321 e. The molecule has 4 nitrogen and oxygen atoms in total. The van der Waals surface area contributed by atoms with Crippen LogP contribution in [0.3, 0.4) is 0 Å². The van der Waals surface area contributed by atoms with Crippen LogP contribution in [0.15, 0.2) is 24.3 Å². The third-order valence-corrected chi connectivity index (χ3v) is 4.07. The third-order valence-electron chi connectivity index (χ3n) is 4.07. The average Bonchev–Trinajstić information content (AvgIpc) is 2.36. The van der Waals surface area contributed by atoms with Gasteiger partial charge in [0.1, 0.15) is 5.41 Å². The largest absolute Gasteiger partial charge is 0.468 e. The Kier molecular flexibility index (Phi) is 2.97. The van der Waals surface area contributed by atoms with Crippen LogP contribution in [0.2, 0.25) is 0 Å². The summed E-state index contributed by atoms with van der Waals surface area (Å²) in [6.45, 7) is 3.62. The van der Waals surface area contributed by atoms with E-state index in [1.165, 1.54) is 19.3 Å². The van der Waals surface area contributed by atoms with Crippen molar-refractivity contribution in [3.8, 4) is 0 Å². The highest BCUT2D eigenvalue weighted by Gasteiger charge is 2.61. The van der Waals surface area contributed by atoms with Crippen molar-refractivity contribution in [1.29, 1.82) is 0 Å². The Morgan fingerprint density at radius 3 is 2.50 bits per heavy atom. The predicted molar refractivity (Wildman–Crippen MR) is 64.6 cm³/mol. The molecule has 2 unspecified atom stereocenters. The van der Waals surface area contributed by atoms with E-state index in [0.717, 1.165) is 0 Å². The fourth-order valence-electron chi connectivity index (χ4n) is 3.15. The first-order valence-corrected chi connectivity index (χ1v) is 5.99. The lowest BCUT2D eigenvalue weighted by atomic mass is 9.55. The fourth-order valence-corrected chi connectivity index (χ4v) is 3.15. The molecule has 0 saturated heterocycles. The van der Waals surface area contributed by atoms with Crippen LogP contribution >= 0.6 is 0 Å². The van der Waals surface area contributed by atoms with Crippen LogP contribution in [0.25, 0.3) is 0 Å². The molecule has 0 aromatic heterocycles. The molecule has 0 heterocycles. The van der Waals surface area contributed by atoms with Crippen LogP contribution in [0, 0.1) is 23.2 Å². The zero-order valence-electron chi connectivity index (χ0n) is 10.7. The molecule has 0 aromatic rings. The van der Waals surface area contributed by atoms with Crippen molar-refractivity contribution in [3.63, 3.8) is 0 Å². The number of ketones is 2. The van der Waals surface area contributed by atoms with Crippen LogP contribution in [0.1, 0.15) is 13.8 Å². The summed E-state index contributed by atoms with van der Waals surface area (Å²) >= 11 is 0. The third kappa shape index (κ3) is 1.41. The van der Waals surface area contributed by atoms with Gasteiger partial charge in [0.2, 0.25) is 0 Å². The lowest BCUT2D eigenvalue weighted by Gasteiger charge is -2.44. The molecule has 0 radical (unpaired) electrons. The van der Waals surface area contributed by atoms with E-state index in [-0.39, 0.29) is 23.4 Å². The number of allylic oxidation sites excluding steroid dienone is 4. The molecule has 4 heteroatoms. The van der Waals surface area contributed by atoms with Gasteiger partial charge in [0.05, 0.1) is 13.0 Å². The number of hydrogen-bond donors (Lipinski definition) is 0. The summed E-state index contributed by atoms with van der Waals surface area (Å²) < 4.78 is 4.81. The molecule has 2 rings (SSSR count). The van der Waals surface area contributed by atoms with Crippen LogP contribution in [-0.4, -0.2) is 24.6 Å². The van der Waals surface area contributed by atoms with Crippen LogP contribution in [0.4, 0.5) is 0 Å². The molecule has 0 fully saturated rings. The first-order valence-electron chi connectivity index (χ1n) is 5.99. The van der Waals surface area contributed by atoms with Crippen molar-refractivity contribution < 1.29 is 19.1 Å². The molecule has 96 valence electrons. The highest BCUT2D eigenvalue weighted by atomic mass is 16.5. The van der Waals surface area contributed by atoms with E-state index in [1.54, 1.807) is 6.92 Å². The van der Waals surface area contributed by atoms with E-state index in [2.05, 4.69) is 0 Å². The van der Waals surface area contributed by atoms with Gasteiger partial charge in [0.15, 0.2) is 11.6 Å². The van der Waals surface area contributed by atoms with Gasteiger partial charge >= 0.3 is 5.97 Å². The van der Waals surface area contributed by atoms with Gasteiger partial charge in [-0.25, -0.2) is 0 Å². The topological polar surface area (TPSA) is 60.4 Å². The molecule has 0 amide bonds. The summed E-state index contributed by atoms with van der Waals surface area (Å²) in [5.74, 6) is -2.26. The summed E-state index contributed by atoms with van der Waals surface area (Å²) in [7, 11) is 1.25. The minimum atomic E-state index is -1.38. The fraction of sp³-hybridized carbons (Fsp3) is 0.500. The van der Waals surface area contributed by atoms with E-state index in [9.17, 15) is 14.4 Å². The SMILES string of the molecule is COC(=O)[C@]12C(=O)C=CC(=O)[C@H]1C(C)C=CC2C. The number of hydrogen-bond acceptors (Lipinski definition) is 4. The summed E-state index contributed by atoms with van der Waals surface area (Å²) in [6, 6.07) is 0. The lowest BCUT2D eigenvalue weighted by Crippen LogP contribution is -2.57. The molecule has 0 aromatic carbocycles. The van der Waals surface area contributed by atoms with E-state index < -0.39 is 17.3 Å². The molecular formula is C14H16O4. The van der Waals surface area contributed by atoms with Gasteiger partial charge in [-0.05, 0) is 24.0 Å². The van der Waals surface area contributed by atoms with Gasteiger partial charge in [-0.2, -0.15) is 0 Å². The van der Waals surface area contributed by atoms with Gasteiger partial charge in [-0.15, -0.1) is 0 Å². The molecule has 0 spiro atoms. The zero-order chi connectivity index (χ0) is 13.5. The number of ether oxygens (including phenoxy) is 1. The Morgan fingerprint density at radius 1 is 1.22 bits per heavy atom. The van der Waals surface area contributed by atoms with Gasteiger partial charge in [-0.3, -0.25) is 14.4 Å². The first kappa shape index (κ1) is 12.7. The van der Waals surface area contributed by atoms with E-state index in [4.69, 9.17) is 4.74 Å². The Balaban J connectivity index is 2.68. The summed E-state index contributed by atoms with van der Waals surface area (Å²) in [5, 5.41) is 0. The maximum absolute atomic E-state index is 12.3. The van der Waals surface area contributed by atoms with Gasteiger partial charge < -0.3 is 4.74 Å². The van der Waals surface area contributed by atoms with E-state index >= 15 is 0 Å². The van der Waals surface area contributed by atoms with Gasteiger partial charge in [0, 0.05) is 0 Å². The molecule has 4 atom stereocenters. The van der Waals surface area contributed by atoms with Crippen molar-refractivity contribution in [1.82, 2.24) is 0 Å². The zero-order valence-corrected chi connectivity index (χ0v) is 10.7. The number of fused-ring (bicyclic) bond motifs is 1.